The lowest BCUT2D eigenvalue weighted by molar-refractivity contribution is -0.121. The van der Waals surface area contributed by atoms with Crippen LogP contribution >= 0.6 is 23.2 Å². The topological polar surface area (TPSA) is 54.0 Å². The first kappa shape index (κ1) is 17.7. The standard InChI is InChI=1S/C17H19Cl2N3O/c18-14-5-4-13(16(19)11-14)6-9-20-10-7-17(23)22-12-15-3-1-2-8-21-15/h1-5,8,11,20H,6-7,9-10,12H2,(H,22,23). The van der Waals surface area contributed by atoms with E-state index in [4.69, 9.17) is 23.2 Å². The molecule has 0 aliphatic rings. The monoisotopic (exact) mass is 351 g/mol. The van der Waals surface area contributed by atoms with Gasteiger partial charge in [0, 0.05) is 29.2 Å². The highest BCUT2D eigenvalue weighted by Gasteiger charge is 2.03. The Hall–Kier alpha value is -1.62. The molecule has 0 unspecified atom stereocenters. The number of nitrogens with one attached hydrogen (secondary N) is 2. The second-order valence-electron chi connectivity index (χ2n) is 5.08. The van der Waals surface area contributed by atoms with Gasteiger partial charge in [-0.3, -0.25) is 9.78 Å². The summed E-state index contributed by atoms with van der Waals surface area (Å²) in [4.78, 5) is 15.9. The predicted molar refractivity (Wildman–Crippen MR) is 93.7 cm³/mol. The molecule has 2 aromatic rings. The first-order chi connectivity index (χ1) is 11.1. The van der Waals surface area contributed by atoms with Gasteiger partial charge < -0.3 is 10.6 Å². The highest BCUT2D eigenvalue weighted by atomic mass is 35.5. The maximum absolute atomic E-state index is 11.7. The maximum atomic E-state index is 11.7. The van der Waals surface area contributed by atoms with Crippen molar-refractivity contribution in [3.8, 4) is 0 Å². The van der Waals surface area contributed by atoms with Crippen LogP contribution in [0.2, 0.25) is 10.0 Å². The summed E-state index contributed by atoms with van der Waals surface area (Å²) in [6.07, 6.45) is 2.94. The number of halogens is 2. The number of pyridine rings is 1. The smallest absolute Gasteiger partial charge is 0.221 e. The Kier molecular flexibility index (Phi) is 7.33. The van der Waals surface area contributed by atoms with Crippen molar-refractivity contribution >= 4 is 29.1 Å². The van der Waals surface area contributed by atoms with Crippen LogP contribution in [0.1, 0.15) is 17.7 Å². The van der Waals surface area contributed by atoms with Crippen LogP contribution in [0.25, 0.3) is 0 Å². The number of nitrogens with zero attached hydrogens (tertiary/aromatic N) is 1. The summed E-state index contributed by atoms with van der Waals surface area (Å²) in [6.45, 7) is 1.84. The van der Waals surface area contributed by atoms with Crippen molar-refractivity contribution in [3.05, 3.63) is 63.9 Å². The minimum atomic E-state index is 0.00711. The van der Waals surface area contributed by atoms with E-state index >= 15 is 0 Å². The lowest BCUT2D eigenvalue weighted by atomic mass is 10.1. The average Bonchev–Trinajstić information content (AvgIpc) is 2.55. The zero-order valence-corrected chi connectivity index (χ0v) is 14.2. The first-order valence-corrected chi connectivity index (χ1v) is 8.22. The molecule has 122 valence electrons. The summed E-state index contributed by atoms with van der Waals surface area (Å²) in [7, 11) is 0. The molecule has 0 radical (unpaired) electrons. The van der Waals surface area contributed by atoms with Crippen LogP contribution in [0.3, 0.4) is 0 Å². The SMILES string of the molecule is O=C(CCNCCc1ccc(Cl)cc1Cl)NCc1ccccn1. The van der Waals surface area contributed by atoms with E-state index in [2.05, 4.69) is 15.6 Å². The third-order valence-corrected chi connectivity index (χ3v) is 3.89. The van der Waals surface area contributed by atoms with E-state index in [9.17, 15) is 4.79 Å². The van der Waals surface area contributed by atoms with Gasteiger partial charge in [-0.05, 0) is 42.8 Å². The van der Waals surface area contributed by atoms with Crippen LogP contribution in [0, 0.1) is 0 Å². The molecule has 0 saturated heterocycles. The van der Waals surface area contributed by atoms with Crippen LogP contribution in [0.15, 0.2) is 42.6 Å². The lowest BCUT2D eigenvalue weighted by Crippen LogP contribution is -2.28. The molecular formula is C17H19Cl2N3O. The molecule has 2 N–H and O–H groups in total. The fourth-order valence-corrected chi connectivity index (χ4v) is 2.56. The van der Waals surface area contributed by atoms with E-state index in [1.165, 1.54) is 0 Å². The van der Waals surface area contributed by atoms with E-state index in [1.807, 2.05) is 30.3 Å². The van der Waals surface area contributed by atoms with Crippen LogP contribution in [-0.4, -0.2) is 24.0 Å². The van der Waals surface area contributed by atoms with Crippen molar-refractivity contribution in [3.63, 3.8) is 0 Å². The van der Waals surface area contributed by atoms with E-state index in [0.29, 0.717) is 29.6 Å². The maximum Gasteiger partial charge on any atom is 0.221 e. The minimum absolute atomic E-state index is 0.00711. The van der Waals surface area contributed by atoms with Crippen LogP contribution < -0.4 is 10.6 Å². The van der Waals surface area contributed by atoms with Crippen molar-refractivity contribution in [2.24, 2.45) is 0 Å². The molecule has 1 aromatic heterocycles. The zero-order valence-electron chi connectivity index (χ0n) is 12.7. The number of benzene rings is 1. The predicted octanol–water partition coefficient (Wildman–Crippen LogP) is 3.23. The van der Waals surface area contributed by atoms with Crippen molar-refractivity contribution in [2.45, 2.75) is 19.4 Å². The number of rotatable bonds is 8. The summed E-state index contributed by atoms with van der Waals surface area (Å²) in [5.41, 5.74) is 1.90. The number of amides is 1. The van der Waals surface area contributed by atoms with Crippen molar-refractivity contribution in [2.75, 3.05) is 13.1 Å². The molecular weight excluding hydrogens is 333 g/mol. The Morgan fingerprint density at radius 1 is 1.13 bits per heavy atom. The Labute approximate surface area is 146 Å². The molecule has 0 atom stereocenters. The Morgan fingerprint density at radius 2 is 2.00 bits per heavy atom. The van der Waals surface area contributed by atoms with Gasteiger partial charge in [0.05, 0.1) is 12.2 Å². The van der Waals surface area contributed by atoms with Gasteiger partial charge in [0.1, 0.15) is 0 Å². The van der Waals surface area contributed by atoms with Gasteiger partial charge in [0.25, 0.3) is 0 Å². The van der Waals surface area contributed by atoms with Gasteiger partial charge in [-0.25, -0.2) is 0 Å². The van der Waals surface area contributed by atoms with E-state index in [-0.39, 0.29) is 5.91 Å². The average molecular weight is 352 g/mol. The quantitative estimate of drug-likeness (QED) is 0.718. The molecule has 0 bridgehead atoms. The molecule has 6 heteroatoms. The molecule has 0 aliphatic heterocycles. The Morgan fingerprint density at radius 3 is 2.74 bits per heavy atom. The number of carbonyl (C=O) groups is 1. The van der Waals surface area contributed by atoms with Crippen molar-refractivity contribution in [1.29, 1.82) is 0 Å². The molecule has 0 spiro atoms. The molecule has 1 amide bonds. The van der Waals surface area contributed by atoms with Gasteiger partial charge in [-0.15, -0.1) is 0 Å². The van der Waals surface area contributed by atoms with Gasteiger partial charge in [0.15, 0.2) is 0 Å². The first-order valence-electron chi connectivity index (χ1n) is 7.46. The third kappa shape index (κ3) is 6.57. The van der Waals surface area contributed by atoms with Crippen LogP contribution in [0.4, 0.5) is 0 Å². The third-order valence-electron chi connectivity index (χ3n) is 3.31. The summed E-state index contributed by atoms with van der Waals surface area (Å²) in [6, 6.07) is 11.1. The van der Waals surface area contributed by atoms with Gasteiger partial charge in [0.2, 0.25) is 5.91 Å². The number of carbonyl (C=O) groups excluding carboxylic acids is 1. The van der Waals surface area contributed by atoms with Crippen molar-refractivity contribution < 1.29 is 4.79 Å². The van der Waals surface area contributed by atoms with E-state index in [0.717, 1.165) is 24.2 Å². The molecule has 0 fully saturated rings. The van der Waals surface area contributed by atoms with Crippen molar-refractivity contribution in [1.82, 2.24) is 15.6 Å². The molecule has 2 rings (SSSR count). The summed E-state index contributed by atoms with van der Waals surface area (Å²) >= 11 is 12.0. The minimum Gasteiger partial charge on any atom is -0.350 e. The summed E-state index contributed by atoms with van der Waals surface area (Å²) in [5.74, 6) is 0.00711. The second kappa shape index (κ2) is 9.50. The number of hydrogen-bond acceptors (Lipinski definition) is 3. The van der Waals surface area contributed by atoms with Gasteiger partial charge in [-0.1, -0.05) is 35.3 Å². The largest absolute Gasteiger partial charge is 0.350 e. The summed E-state index contributed by atoms with van der Waals surface area (Å²) in [5, 5.41) is 7.39. The zero-order chi connectivity index (χ0) is 16.5. The molecule has 1 aromatic carbocycles. The van der Waals surface area contributed by atoms with Crippen LogP contribution in [0.5, 0.6) is 0 Å². The van der Waals surface area contributed by atoms with Crippen LogP contribution in [-0.2, 0) is 17.8 Å². The molecule has 0 saturated carbocycles. The molecule has 1 heterocycles. The Bertz CT molecular complexity index is 635. The molecule has 23 heavy (non-hydrogen) atoms. The Balaban J connectivity index is 1.59. The van der Waals surface area contributed by atoms with Gasteiger partial charge in [-0.2, -0.15) is 0 Å². The van der Waals surface area contributed by atoms with E-state index in [1.54, 1.807) is 12.3 Å². The molecule has 4 nitrogen and oxygen atoms in total. The van der Waals surface area contributed by atoms with Gasteiger partial charge >= 0.3 is 0 Å². The molecule has 0 aliphatic carbocycles. The highest BCUT2D eigenvalue weighted by Crippen LogP contribution is 2.20. The fraction of sp³-hybridized carbons (Fsp3) is 0.294. The fourth-order valence-electron chi connectivity index (χ4n) is 2.05. The number of aromatic nitrogens is 1. The lowest BCUT2D eigenvalue weighted by Gasteiger charge is -2.07. The van der Waals surface area contributed by atoms with E-state index < -0.39 is 0 Å². The highest BCUT2D eigenvalue weighted by molar-refractivity contribution is 6.35. The number of hydrogen-bond donors (Lipinski definition) is 2. The summed E-state index contributed by atoms with van der Waals surface area (Å²) < 4.78 is 0. The second-order valence-corrected chi connectivity index (χ2v) is 5.93. The normalized spacial score (nSPS) is 10.5.